The van der Waals surface area contributed by atoms with E-state index < -0.39 is 0 Å². The Balaban J connectivity index is 1.60. The summed E-state index contributed by atoms with van der Waals surface area (Å²) < 4.78 is 7.14. The molecule has 0 radical (unpaired) electrons. The number of amides is 1. The van der Waals surface area contributed by atoms with Gasteiger partial charge in [0.25, 0.3) is 0 Å². The van der Waals surface area contributed by atoms with Crippen LogP contribution in [0.15, 0.2) is 73.1 Å². The van der Waals surface area contributed by atoms with Crippen molar-refractivity contribution in [1.82, 2.24) is 9.78 Å². The lowest BCUT2D eigenvalue weighted by Gasteiger charge is -2.05. The Morgan fingerprint density at radius 2 is 1.92 bits per heavy atom. The molecule has 5 nitrogen and oxygen atoms in total. The molecule has 1 heterocycles. The average Bonchev–Trinajstić information content (AvgIpc) is 3.12. The van der Waals surface area contributed by atoms with Gasteiger partial charge in [0.15, 0.2) is 0 Å². The van der Waals surface area contributed by atoms with Crippen molar-refractivity contribution in [3.8, 4) is 11.4 Å². The smallest absolute Gasteiger partial charge is 0.248 e. The molecule has 1 N–H and O–H groups in total. The number of nitrogens with one attached hydrogen (secondary N) is 1. The quantitative estimate of drug-likeness (QED) is 0.696. The Morgan fingerprint density at radius 3 is 2.64 bits per heavy atom. The fraction of sp³-hybridized carbons (Fsp3) is 0.100. The lowest BCUT2D eigenvalue weighted by Crippen LogP contribution is -2.07. The molecule has 126 valence electrons. The number of benzene rings is 2. The van der Waals surface area contributed by atoms with E-state index in [1.165, 1.54) is 6.08 Å². The summed E-state index contributed by atoms with van der Waals surface area (Å²) in [6.45, 7) is 2.55. The van der Waals surface area contributed by atoms with E-state index in [-0.39, 0.29) is 5.91 Å². The highest BCUT2D eigenvalue weighted by atomic mass is 16.5. The third-order valence-electron chi connectivity index (χ3n) is 3.48. The lowest BCUT2D eigenvalue weighted by atomic mass is 10.3. The molecule has 0 aliphatic heterocycles. The fourth-order valence-electron chi connectivity index (χ4n) is 2.30. The highest BCUT2D eigenvalue weighted by molar-refractivity contribution is 6.01. The zero-order valence-corrected chi connectivity index (χ0v) is 13.9. The third-order valence-corrected chi connectivity index (χ3v) is 3.48. The van der Waals surface area contributed by atoms with Gasteiger partial charge in [0.1, 0.15) is 5.75 Å². The molecule has 1 amide bonds. The molecule has 0 saturated heterocycles. The van der Waals surface area contributed by atoms with Crippen molar-refractivity contribution >= 4 is 17.7 Å². The van der Waals surface area contributed by atoms with Crippen molar-refractivity contribution in [2.24, 2.45) is 0 Å². The molecule has 0 aliphatic carbocycles. The molecular weight excluding hydrogens is 314 g/mol. The van der Waals surface area contributed by atoms with Crippen LogP contribution in [0.3, 0.4) is 0 Å². The van der Waals surface area contributed by atoms with Gasteiger partial charge in [-0.05, 0) is 49.4 Å². The summed E-state index contributed by atoms with van der Waals surface area (Å²) in [5.74, 6) is 0.584. The van der Waals surface area contributed by atoms with Gasteiger partial charge in [0.05, 0.1) is 18.5 Å². The highest BCUT2D eigenvalue weighted by Crippen LogP contribution is 2.15. The Bertz CT molecular complexity index is 852. The van der Waals surface area contributed by atoms with E-state index in [4.69, 9.17) is 4.74 Å². The number of aromatic nitrogens is 2. The van der Waals surface area contributed by atoms with Gasteiger partial charge < -0.3 is 10.1 Å². The minimum absolute atomic E-state index is 0.198. The van der Waals surface area contributed by atoms with Crippen LogP contribution in [0.4, 0.5) is 5.69 Å². The van der Waals surface area contributed by atoms with Gasteiger partial charge in [-0.3, -0.25) is 4.79 Å². The molecule has 3 aromatic rings. The standard InChI is InChI=1S/C20H19N3O2/c1-2-25-19-11-9-17(10-12-19)22-20(24)13-8-16-14-21-23(15-16)18-6-4-3-5-7-18/h3-15H,2H2,1H3,(H,22,24). The number of carbonyl (C=O) groups excluding carboxylic acids is 1. The zero-order valence-electron chi connectivity index (χ0n) is 13.9. The minimum Gasteiger partial charge on any atom is -0.494 e. The molecule has 0 bridgehead atoms. The van der Waals surface area contributed by atoms with Crippen LogP contribution in [0.2, 0.25) is 0 Å². The van der Waals surface area contributed by atoms with E-state index in [1.54, 1.807) is 17.0 Å². The second kappa shape index (κ2) is 7.97. The molecule has 25 heavy (non-hydrogen) atoms. The Kier molecular flexibility index (Phi) is 5.26. The normalized spacial score (nSPS) is 10.8. The van der Waals surface area contributed by atoms with Gasteiger partial charge in [0, 0.05) is 23.5 Å². The van der Waals surface area contributed by atoms with Crippen LogP contribution in [0.25, 0.3) is 11.8 Å². The summed E-state index contributed by atoms with van der Waals surface area (Å²) in [7, 11) is 0. The molecule has 3 rings (SSSR count). The third kappa shape index (κ3) is 4.57. The second-order valence-electron chi connectivity index (χ2n) is 5.33. The Morgan fingerprint density at radius 1 is 1.16 bits per heavy atom. The number of nitrogens with zero attached hydrogens (tertiary/aromatic N) is 2. The van der Waals surface area contributed by atoms with E-state index in [1.807, 2.05) is 67.7 Å². The van der Waals surface area contributed by atoms with Crippen molar-refractivity contribution in [3.05, 3.63) is 78.6 Å². The summed E-state index contributed by atoms with van der Waals surface area (Å²) in [5.41, 5.74) is 2.55. The number of anilines is 1. The van der Waals surface area contributed by atoms with Crippen molar-refractivity contribution in [3.63, 3.8) is 0 Å². The number of hydrogen-bond acceptors (Lipinski definition) is 3. The molecule has 0 fully saturated rings. The van der Waals surface area contributed by atoms with Crippen LogP contribution in [-0.2, 0) is 4.79 Å². The number of hydrogen-bond donors (Lipinski definition) is 1. The Labute approximate surface area is 146 Å². The van der Waals surface area contributed by atoms with Crippen molar-refractivity contribution < 1.29 is 9.53 Å². The van der Waals surface area contributed by atoms with E-state index in [0.717, 1.165) is 22.7 Å². The molecule has 5 heteroatoms. The highest BCUT2D eigenvalue weighted by Gasteiger charge is 2.01. The first-order chi connectivity index (χ1) is 12.2. The molecule has 0 spiro atoms. The number of rotatable bonds is 6. The average molecular weight is 333 g/mol. The predicted octanol–water partition coefficient (Wildman–Crippen LogP) is 3.92. The predicted molar refractivity (Wildman–Crippen MR) is 98.8 cm³/mol. The maximum atomic E-state index is 12.0. The maximum Gasteiger partial charge on any atom is 0.248 e. The van der Waals surface area contributed by atoms with Crippen molar-refractivity contribution in [2.45, 2.75) is 6.92 Å². The fourth-order valence-corrected chi connectivity index (χ4v) is 2.30. The molecule has 0 saturated carbocycles. The van der Waals surface area contributed by atoms with E-state index in [2.05, 4.69) is 10.4 Å². The van der Waals surface area contributed by atoms with Gasteiger partial charge >= 0.3 is 0 Å². The van der Waals surface area contributed by atoms with Crippen LogP contribution < -0.4 is 10.1 Å². The first-order valence-corrected chi connectivity index (χ1v) is 8.06. The van der Waals surface area contributed by atoms with Crippen LogP contribution in [0, 0.1) is 0 Å². The van der Waals surface area contributed by atoms with Gasteiger partial charge in [0.2, 0.25) is 5.91 Å². The number of ether oxygens (including phenoxy) is 1. The zero-order chi connectivity index (χ0) is 17.5. The molecule has 2 aromatic carbocycles. The number of carbonyl (C=O) groups is 1. The maximum absolute atomic E-state index is 12.0. The largest absolute Gasteiger partial charge is 0.494 e. The summed E-state index contributed by atoms with van der Waals surface area (Å²) in [4.78, 5) is 12.0. The first-order valence-electron chi connectivity index (χ1n) is 8.06. The summed E-state index contributed by atoms with van der Waals surface area (Å²) >= 11 is 0. The topological polar surface area (TPSA) is 56.1 Å². The van der Waals surface area contributed by atoms with E-state index in [0.29, 0.717) is 6.61 Å². The van der Waals surface area contributed by atoms with E-state index >= 15 is 0 Å². The van der Waals surface area contributed by atoms with Crippen molar-refractivity contribution in [2.75, 3.05) is 11.9 Å². The van der Waals surface area contributed by atoms with E-state index in [9.17, 15) is 4.79 Å². The minimum atomic E-state index is -0.198. The number of para-hydroxylation sites is 1. The Hall–Kier alpha value is -3.34. The molecule has 0 unspecified atom stereocenters. The molecular formula is C20H19N3O2. The van der Waals surface area contributed by atoms with Gasteiger partial charge in [-0.1, -0.05) is 18.2 Å². The molecule has 0 atom stereocenters. The monoisotopic (exact) mass is 333 g/mol. The summed E-state index contributed by atoms with van der Waals surface area (Å²) in [6, 6.07) is 17.1. The lowest BCUT2D eigenvalue weighted by molar-refractivity contribution is -0.111. The first kappa shape index (κ1) is 16.5. The molecule has 1 aromatic heterocycles. The summed E-state index contributed by atoms with van der Waals surface area (Å²) in [6.07, 6.45) is 6.81. The summed E-state index contributed by atoms with van der Waals surface area (Å²) in [5, 5.41) is 7.11. The SMILES string of the molecule is CCOc1ccc(NC(=O)C=Cc2cnn(-c3ccccc3)c2)cc1. The second-order valence-corrected chi connectivity index (χ2v) is 5.33. The van der Waals surface area contributed by atoms with Crippen LogP contribution >= 0.6 is 0 Å². The van der Waals surface area contributed by atoms with Crippen molar-refractivity contribution in [1.29, 1.82) is 0 Å². The van der Waals surface area contributed by atoms with Gasteiger partial charge in [-0.25, -0.2) is 4.68 Å². The molecule has 0 aliphatic rings. The van der Waals surface area contributed by atoms with Crippen LogP contribution in [0.5, 0.6) is 5.75 Å². The van der Waals surface area contributed by atoms with Gasteiger partial charge in [-0.2, -0.15) is 5.10 Å². The van der Waals surface area contributed by atoms with Gasteiger partial charge in [-0.15, -0.1) is 0 Å². The van der Waals surface area contributed by atoms with Crippen LogP contribution in [0.1, 0.15) is 12.5 Å². The van der Waals surface area contributed by atoms with Crippen LogP contribution in [-0.4, -0.2) is 22.3 Å².